The largest absolute Gasteiger partial charge is 0.422 e. The standard InChI is InChI=1S/C16H19NO3/c1-4-6-11(3)17-15(18)13-9-12-8-5-7-10(2)14(12)20-16(13)19/h5,7-9,11H,4,6H2,1-3H3,(H,17,18). The summed E-state index contributed by atoms with van der Waals surface area (Å²) in [6.45, 7) is 5.85. The van der Waals surface area contributed by atoms with Crippen molar-refractivity contribution in [1.82, 2.24) is 5.32 Å². The Hall–Kier alpha value is -2.10. The highest BCUT2D eigenvalue weighted by Gasteiger charge is 2.15. The van der Waals surface area contributed by atoms with Crippen molar-refractivity contribution < 1.29 is 9.21 Å². The molecule has 0 aliphatic heterocycles. The maximum atomic E-state index is 12.1. The van der Waals surface area contributed by atoms with Crippen molar-refractivity contribution in [1.29, 1.82) is 0 Å². The Labute approximate surface area is 117 Å². The van der Waals surface area contributed by atoms with E-state index in [0.29, 0.717) is 5.58 Å². The minimum atomic E-state index is -0.590. The van der Waals surface area contributed by atoms with E-state index < -0.39 is 5.63 Å². The molecule has 0 spiro atoms. The van der Waals surface area contributed by atoms with Crippen molar-refractivity contribution in [3.05, 3.63) is 45.8 Å². The molecule has 0 saturated heterocycles. The second kappa shape index (κ2) is 5.90. The molecule has 0 bridgehead atoms. The lowest BCUT2D eigenvalue weighted by Crippen LogP contribution is -2.35. The van der Waals surface area contributed by atoms with E-state index in [2.05, 4.69) is 12.2 Å². The van der Waals surface area contributed by atoms with Gasteiger partial charge in [0.15, 0.2) is 0 Å². The third kappa shape index (κ3) is 2.90. The SMILES string of the molecule is CCCC(C)NC(=O)c1cc2cccc(C)c2oc1=O. The van der Waals surface area contributed by atoms with Gasteiger partial charge >= 0.3 is 5.63 Å². The summed E-state index contributed by atoms with van der Waals surface area (Å²) in [5.41, 5.74) is 0.889. The second-order valence-corrected chi connectivity index (χ2v) is 5.10. The van der Waals surface area contributed by atoms with Crippen LogP contribution in [0.25, 0.3) is 11.0 Å². The van der Waals surface area contributed by atoms with Gasteiger partial charge in [-0.15, -0.1) is 0 Å². The summed E-state index contributed by atoms with van der Waals surface area (Å²) >= 11 is 0. The van der Waals surface area contributed by atoms with Crippen LogP contribution >= 0.6 is 0 Å². The number of para-hydroxylation sites is 1. The molecule has 1 atom stereocenters. The monoisotopic (exact) mass is 273 g/mol. The number of fused-ring (bicyclic) bond motifs is 1. The predicted octanol–water partition coefficient (Wildman–Crippen LogP) is 3.02. The molecular formula is C16H19NO3. The molecule has 1 unspecified atom stereocenters. The Balaban J connectivity index is 2.38. The summed E-state index contributed by atoms with van der Waals surface area (Å²) in [7, 11) is 0. The summed E-state index contributed by atoms with van der Waals surface area (Å²) in [5, 5.41) is 3.58. The van der Waals surface area contributed by atoms with Crippen molar-refractivity contribution in [3.8, 4) is 0 Å². The third-order valence-electron chi connectivity index (χ3n) is 3.30. The van der Waals surface area contributed by atoms with Gasteiger partial charge in [-0.3, -0.25) is 4.79 Å². The molecule has 4 heteroatoms. The summed E-state index contributed by atoms with van der Waals surface area (Å²) in [6, 6.07) is 7.22. The van der Waals surface area contributed by atoms with Gasteiger partial charge in [0.2, 0.25) is 0 Å². The number of carbonyl (C=O) groups is 1. The van der Waals surface area contributed by atoms with E-state index in [1.807, 2.05) is 32.0 Å². The summed E-state index contributed by atoms with van der Waals surface area (Å²) in [5.74, 6) is -0.372. The number of aryl methyl sites for hydroxylation is 1. The van der Waals surface area contributed by atoms with E-state index in [-0.39, 0.29) is 17.5 Å². The van der Waals surface area contributed by atoms with Crippen LogP contribution in [-0.4, -0.2) is 11.9 Å². The first-order valence-electron chi connectivity index (χ1n) is 6.87. The molecule has 4 nitrogen and oxygen atoms in total. The van der Waals surface area contributed by atoms with Crippen molar-refractivity contribution in [2.24, 2.45) is 0 Å². The molecule has 0 aliphatic rings. The first-order valence-corrected chi connectivity index (χ1v) is 6.87. The normalized spacial score (nSPS) is 12.3. The minimum Gasteiger partial charge on any atom is -0.422 e. The Morgan fingerprint density at radius 1 is 1.40 bits per heavy atom. The molecular weight excluding hydrogens is 254 g/mol. The number of amides is 1. The lowest BCUT2D eigenvalue weighted by atomic mass is 10.1. The van der Waals surface area contributed by atoms with E-state index >= 15 is 0 Å². The molecule has 1 amide bonds. The van der Waals surface area contributed by atoms with Crippen molar-refractivity contribution in [2.45, 2.75) is 39.7 Å². The average Bonchev–Trinajstić information content (AvgIpc) is 2.39. The zero-order chi connectivity index (χ0) is 14.7. The highest BCUT2D eigenvalue weighted by molar-refractivity contribution is 5.97. The highest BCUT2D eigenvalue weighted by atomic mass is 16.4. The number of benzene rings is 1. The molecule has 1 aromatic heterocycles. The topological polar surface area (TPSA) is 59.3 Å². The predicted molar refractivity (Wildman–Crippen MR) is 79.1 cm³/mol. The van der Waals surface area contributed by atoms with Crippen LogP contribution in [0, 0.1) is 6.92 Å². The highest BCUT2D eigenvalue weighted by Crippen LogP contribution is 2.17. The fourth-order valence-electron chi connectivity index (χ4n) is 2.26. The van der Waals surface area contributed by atoms with Crippen LogP contribution in [-0.2, 0) is 0 Å². The van der Waals surface area contributed by atoms with Crippen LogP contribution in [0.5, 0.6) is 0 Å². The van der Waals surface area contributed by atoms with E-state index in [0.717, 1.165) is 23.8 Å². The summed E-state index contributed by atoms with van der Waals surface area (Å²) < 4.78 is 5.27. The van der Waals surface area contributed by atoms with Gasteiger partial charge in [0.05, 0.1) is 0 Å². The lowest BCUT2D eigenvalue weighted by molar-refractivity contribution is 0.0935. The third-order valence-corrected chi connectivity index (χ3v) is 3.30. The first-order chi connectivity index (χ1) is 9.52. The van der Waals surface area contributed by atoms with Crippen LogP contribution in [0.1, 0.15) is 42.6 Å². The van der Waals surface area contributed by atoms with E-state index in [1.165, 1.54) is 0 Å². The van der Waals surface area contributed by atoms with Crippen LogP contribution in [0.15, 0.2) is 33.5 Å². The van der Waals surface area contributed by atoms with Crippen LogP contribution < -0.4 is 10.9 Å². The lowest BCUT2D eigenvalue weighted by Gasteiger charge is -2.12. The quantitative estimate of drug-likeness (QED) is 0.871. The molecule has 1 N–H and O–H groups in total. The first kappa shape index (κ1) is 14.3. The molecule has 0 saturated carbocycles. The van der Waals surface area contributed by atoms with Crippen molar-refractivity contribution in [3.63, 3.8) is 0 Å². The fraction of sp³-hybridized carbons (Fsp3) is 0.375. The van der Waals surface area contributed by atoms with Gasteiger partial charge in [-0.2, -0.15) is 0 Å². The molecule has 0 fully saturated rings. The maximum absolute atomic E-state index is 12.1. The number of hydrogen-bond donors (Lipinski definition) is 1. The van der Waals surface area contributed by atoms with Crippen molar-refractivity contribution >= 4 is 16.9 Å². The minimum absolute atomic E-state index is 0.0418. The summed E-state index contributed by atoms with van der Waals surface area (Å²) in [6.07, 6.45) is 1.86. The molecule has 106 valence electrons. The second-order valence-electron chi connectivity index (χ2n) is 5.10. The van der Waals surface area contributed by atoms with Gasteiger partial charge in [0.1, 0.15) is 11.1 Å². The zero-order valence-corrected chi connectivity index (χ0v) is 12.0. The molecule has 20 heavy (non-hydrogen) atoms. The van der Waals surface area contributed by atoms with Gasteiger partial charge in [-0.1, -0.05) is 31.5 Å². The van der Waals surface area contributed by atoms with Gasteiger partial charge in [0.25, 0.3) is 5.91 Å². The van der Waals surface area contributed by atoms with E-state index in [1.54, 1.807) is 6.07 Å². The van der Waals surface area contributed by atoms with Crippen LogP contribution in [0.3, 0.4) is 0 Å². The molecule has 1 heterocycles. The number of carbonyl (C=O) groups excluding carboxylic acids is 1. The Morgan fingerprint density at radius 3 is 2.85 bits per heavy atom. The Morgan fingerprint density at radius 2 is 2.15 bits per heavy atom. The Bertz CT molecular complexity index is 688. The smallest absolute Gasteiger partial charge is 0.349 e. The number of rotatable bonds is 4. The molecule has 0 radical (unpaired) electrons. The van der Waals surface area contributed by atoms with Gasteiger partial charge in [0, 0.05) is 11.4 Å². The molecule has 0 aliphatic carbocycles. The maximum Gasteiger partial charge on any atom is 0.349 e. The Kier molecular flexibility index (Phi) is 4.23. The van der Waals surface area contributed by atoms with Crippen molar-refractivity contribution in [2.75, 3.05) is 0 Å². The zero-order valence-electron chi connectivity index (χ0n) is 12.0. The van der Waals surface area contributed by atoms with Gasteiger partial charge in [-0.25, -0.2) is 4.79 Å². The van der Waals surface area contributed by atoms with E-state index in [9.17, 15) is 9.59 Å². The molecule has 2 rings (SSSR count). The van der Waals surface area contributed by atoms with Crippen LogP contribution in [0.4, 0.5) is 0 Å². The van der Waals surface area contributed by atoms with Crippen LogP contribution in [0.2, 0.25) is 0 Å². The number of nitrogens with one attached hydrogen (secondary N) is 1. The molecule has 2 aromatic rings. The average molecular weight is 273 g/mol. The molecule has 1 aromatic carbocycles. The van der Waals surface area contributed by atoms with E-state index in [4.69, 9.17) is 4.42 Å². The van der Waals surface area contributed by atoms with Gasteiger partial charge < -0.3 is 9.73 Å². The summed E-state index contributed by atoms with van der Waals surface area (Å²) in [4.78, 5) is 24.0. The number of hydrogen-bond acceptors (Lipinski definition) is 3. The van der Waals surface area contributed by atoms with Gasteiger partial charge in [-0.05, 0) is 31.9 Å². The fourth-order valence-corrected chi connectivity index (χ4v) is 2.26.